The number of nitrogens with zero attached hydrogens (tertiary/aromatic N) is 3. The molecule has 4 rings (SSSR count). The van der Waals surface area contributed by atoms with E-state index in [2.05, 4.69) is 6.08 Å². The maximum absolute atomic E-state index is 13.8. The molecule has 1 saturated heterocycles. The number of nitriles is 1. The summed E-state index contributed by atoms with van der Waals surface area (Å²) in [6.45, 7) is 0.0297. The highest BCUT2D eigenvalue weighted by atomic mass is 35.5. The smallest absolute Gasteiger partial charge is 0.252 e. The summed E-state index contributed by atoms with van der Waals surface area (Å²) in [6.07, 6.45) is 6.22. The second-order valence-corrected chi connectivity index (χ2v) is 11.2. The molecule has 0 bridgehead atoms. The quantitative estimate of drug-likeness (QED) is 0.366. The van der Waals surface area contributed by atoms with Crippen LogP contribution >= 0.6 is 23.2 Å². The van der Waals surface area contributed by atoms with Gasteiger partial charge in [-0.3, -0.25) is 9.59 Å². The van der Waals surface area contributed by atoms with E-state index in [-0.39, 0.29) is 33.6 Å². The second kappa shape index (κ2) is 10.5. The zero-order chi connectivity index (χ0) is 25.2. The van der Waals surface area contributed by atoms with Crippen LogP contribution in [0.1, 0.15) is 44.1 Å². The predicted octanol–water partition coefficient (Wildman–Crippen LogP) is 5.08. The minimum atomic E-state index is -4.26. The van der Waals surface area contributed by atoms with Crippen molar-refractivity contribution in [1.82, 2.24) is 4.31 Å². The maximum Gasteiger partial charge on any atom is 0.252 e. The highest BCUT2D eigenvalue weighted by Gasteiger charge is 2.47. The van der Waals surface area contributed by atoms with Gasteiger partial charge in [0.2, 0.25) is 15.9 Å². The summed E-state index contributed by atoms with van der Waals surface area (Å²) in [4.78, 5) is 27.1. The van der Waals surface area contributed by atoms with Crippen molar-refractivity contribution >= 4 is 50.7 Å². The summed E-state index contributed by atoms with van der Waals surface area (Å²) in [5.74, 6) is -1.15. The van der Waals surface area contributed by atoms with Gasteiger partial charge < -0.3 is 0 Å². The lowest BCUT2D eigenvalue weighted by Crippen LogP contribution is -2.46. The van der Waals surface area contributed by atoms with E-state index in [0.717, 1.165) is 40.5 Å². The summed E-state index contributed by atoms with van der Waals surface area (Å²) in [6, 6.07) is 10.9. The van der Waals surface area contributed by atoms with E-state index in [9.17, 15) is 18.0 Å². The number of allylic oxidation sites excluding steroid dienone is 1. The third-order valence-corrected chi connectivity index (χ3v) is 8.87. The average molecular weight is 532 g/mol. The van der Waals surface area contributed by atoms with E-state index in [0.29, 0.717) is 12.0 Å². The first kappa shape index (κ1) is 25.4. The fourth-order valence-corrected chi connectivity index (χ4v) is 6.75. The first-order chi connectivity index (χ1) is 16.7. The number of hydrogen-bond acceptors (Lipinski definition) is 5. The monoisotopic (exact) mass is 531 g/mol. The summed E-state index contributed by atoms with van der Waals surface area (Å²) < 4.78 is 28.7. The zero-order valence-corrected chi connectivity index (χ0v) is 21.1. The van der Waals surface area contributed by atoms with Gasteiger partial charge in [0, 0.05) is 11.6 Å². The lowest BCUT2D eigenvalue weighted by Gasteiger charge is -2.28. The third-order valence-electron chi connectivity index (χ3n) is 6.24. The van der Waals surface area contributed by atoms with Crippen molar-refractivity contribution in [1.29, 1.82) is 5.26 Å². The third kappa shape index (κ3) is 5.29. The summed E-state index contributed by atoms with van der Waals surface area (Å²) in [7, 11) is -4.26. The summed E-state index contributed by atoms with van der Waals surface area (Å²) in [5.41, 5.74) is 1.80. The highest BCUT2D eigenvalue weighted by Crippen LogP contribution is 2.34. The van der Waals surface area contributed by atoms with Gasteiger partial charge in [-0.05, 0) is 74.6 Å². The number of carbonyl (C=O) groups is 2. The molecule has 0 saturated carbocycles. The van der Waals surface area contributed by atoms with E-state index >= 15 is 0 Å². The number of carbonyl (C=O) groups excluding carboxylic acids is 2. The number of imide groups is 1. The van der Waals surface area contributed by atoms with E-state index in [4.69, 9.17) is 28.5 Å². The molecule has 1 fully saturated rings. The number of sulfonamides is 1. The molecule has 2 aromatic carbocycles. The SMILES string of the molecule is N#Cc1ccc(N2C(=O)CC(N(CCC3=CCCCC3)S(=O)(=O)c3cc(Cl)ccc3Cl)C2=O)cc1. The number of hydrogen-bond donors (Lipinski definition) is 0. The second-order valence-electron chi connectivity index (χ2n) is 8.49. The Labute approximate surface area is 214 Å². The summed E-state index contributed by atoms with van der Waals surface area (Å²) >= 11 is 12.3. The van der Waals surface area contributed by atoms with Gasteiger partial charge in [0.25, 0.3) is 5.91 Å². The summed E-state index contributed by atoms with van der Waals surface area (Å²) in [5, 5.41) is 9.20. The van der Waals surface area contributed by atoms with E-state index in [1.165, 1.54) is 42.5 Å². The fraction of sp³-hybridized carbons (Fsp3) is 0.320. The zero-order valence-electron chi connectivity index (χ0n) is 18.8. The van der Waals surface area contributed by atoms with Gasteiger partial charge >= 0.3 is 0 Å². The number of amides is 2. The van der Waals surface area contributed by atoms with Gasteiger partial charge in [-0.1, -0.05) is 34.9 Å². The van der Waals surface area contributed by atoms with E-state index < -0.39 is 27.9 Å². The minimum Gasteiger partial charge on any atom is -0.274 e. The van der Waals surface area contributed by atoms with Crippen molar-refractivity contribution in [2.24, 2.45) is 0 Å². The molecule has 0 radical (unpaired) electrons. The van der Waals surface area contributed by atoms with Crippen molar-refractivity contribution in [3.05, 3.63) is 69.7 Å². The Bertz CT molecular complexity index is 1330. The number of rotatable bonds is 7. The lowest BCUT2D eigenvalue weighted by molar-refractivity contribution is -0.122. The molecule has 1 heterocycles. The Balaban J connectivity index is 1.70. The van der Waals surface area contributed by atoms with Crippen molar-refractivity contribution < 1.29 is 18.0 Å². The van der Waals surface area contributed by atoms with E-state index in [1.807, 2.05) is 6.07 Å². The Morgan fingerprint density at radius 1 is 1.09 bits per heavy atom. The molecular weight excluding hydrogens is 509 g/mol. The van der Waals surface area contributed by atoms with Gasteiger partial charge in [0.1, 0.15) is 10.9 Å². The molecule has 1 atom stereocenters. The van der Waals surface area contributed by atoms with Gasteiger partial charge in [-0.2, -0.15) is 9.57 Å². The molecule has 0 spiro atoms. The van der Waals surface area contributed by atoms with Crippen LogP contribution in [0.15, 0.2) is 59.0 Å². The Kier molecular flexibility index (Phi) is 7.62. The van der Waals surface area contributed by atoms with Crippen molar-refractivity contribution in [3.8, 4) is 6.07 Å². The fourth-order valence-electron chi connectivity index (χ4n) is 4.43. The number of anilines is 1. The molecule has 0 aromatic heterocycles. The Morgan fingerprint density at radius 3 is 2.49 bits per heavy atom. The molecule has 2 amide bonds. The first-order valence-corrected chi connectivity index (χ1v) is 13.4. The van der Waals surface area contributed by atoms with Crippen molar-refractivity contribution in [3.63, 3.8) is 0 Å². The van der Waals surface area contributed by atoms with Gasteiger partial charge in [-0.25, -0.2) is 13.3 Å². The van der Waals surface area contributed by atoms with Crippen molar-refractivity contribution in [2.45, 2.75) is 49.5 Å². The lowest BCUT2D eigenvalue weighted by atomic mass is 9.97. The molecule has 10 heteroatoms. The Morgan fingerprint density at radius 2 is 1.83 bits per heavy atom. The molecule has 1 unspecified atom stereocenters. The number of halogens is 2. The van der Waals surface area contributed by atoms with Crippen LogP contribution < -0.4 is 4.90 Å². The van der Waals surface area contributed by atoms with Gasteiger partial charge in [0.05, 0.1) is 28.8 Å². The van der Waals surface area contributed by atoms with Crippen LogP contribution in [0.2, 0.25) is 10.0 Å². The molecule has 2 aromatic rings. The minimum absolute atomic E-state index is 0.0167. The molecule has 2 aliphatic rings. The standard InChI is InChI=1S/C25H23Cl2N3O4S/c26-19-8-11-21(27)23(14-19)35(33,34)29(13-12-17-4-2-1-3-5-17)22-15-24(31)30(25(22)32)20-9-6-18(16-28)7-10-20/h4,6-11,14,22H,1-3,5,12-13,15H2. The van der Waals surface area contributed by atoms with E-state index in [1.54, 1.807) is 0 Å². The van der Waals surface area contributed by atoms with Crippen LogP contribution in [-0.2, 0) is 19.6 Å². The van der Waals surface area contributed by atoms with Gasteiger partial charge in [0.15, 0.2) is 0 Å². The molecule has 182 valence electrons. The van der Waals surface area contributed by atoms with Crippen LogP contribution in [0.5, 0.6) is 0 Å². The Hall–Kier alpha value is -2.70. The predicted molar refractivity (Wildman–Crippen MR) is 134 cm³/mol. The molecule has 1 aliphatic carbocycles. The first-order valence-electron chi connectivity index (χ1n) is 11.2. The topological polar surface area (TPSA) is 98.5 Å². The molecule has 1 aliphatic heterocycles. The largest absolute Gasteiger partial charge is 0.274 e. The van der Waals surface area contributed by atoms with Crippen LogP contribution in [-0.4, -0.2) is 37.1 Å². The van der Waals surface area contributed by atoms with Crippen LogP contribution in [0.3, 0.4) is 0 Å². The van der Waals surface area contributed by atoms with Crippen molar-refractivity contribution in [2.75, 3.05) is 11.4 Å². The molecule has 7 nitrogen and oxygen atoms in total. The normalized spacial score (nSPS) is 18.6. The average Bonchev–Trinajstić information content (AvgIpc) is 3.14. The maximum atomic E-state index is 13.8. The van der Waals surface area contributed by atoms with Crippen LogP contribution in [0.4, 0.5) is 5.69 Å². The highest BCUT2D eigenvalue weighted by molar-refractivity contribution is 7.89. The molecule has 35 heavy (non-hydrogen) atoms. The molecular formula is C25H23Cl2N3O4S. The molecule has 0 N–H and O–H groups in total. The number of benzene rings is 2. The van der Waals surface area contributed by atoms with Gasteiger partial charge in [-0.15, -0.1) is 0 Å². The van der Waals surface area contributed by atoms with Crippen LogP contribution in [0, 0.1) is 11.3 Å². The van der Waals surface area contributed by atoms with Crippen LogP contribution in [0.25, 0.3) is 0 Å².